The molecule has 0 aliphatic heterocycles. The summed E-state index contributed by atoms with van der Waals surface area (Å²) in [6.45, 7) is 0. The van der Waals surface area contributed by atoms with Gasteiger partial charge in [-0.25, -0.2) is 9.37 Å². The van der Waals surface area contributed by atoms with Gasteiger partial charge >= 0.3 is 0 Å². The van der Waals surface area contributed by atoms with Crippen molar-refractivity contribution < 1.29 is 4.39 Å². The molecule has 0 amide bonds. The maximum atomic E-state index is 13.4. The Morgan fingerprint density at radius 2 is 1.84 bits per heavy atom. The van der Waals surface area contributed by atoms with Gasteiger partial charge in [-0.05, 0) is 12.1 Å². The van der Waals surface area contributed by atoms with Crippen LogP contribution in [0.4, 0.5) is 10.1 Å². The average Bonchev–Trinajstić information content (AvgIpc) is 2.93. The van der Waals surface area contributed by atoms with Crippen LogP contribution in [0, 0.1) is 5.82 Å². The summed E-state index contributed by atoms with van der Waals surface area (Å²) >= 11 is 0. The SMILES string of the molecule is Nc1ccc(-n2cnc(-c3ccccc3)c2)cc1F. The van der Waals surface area contributed by atoms with Gasteiger partial charge in [0.05, 0.1) is 17.7 Å². The minimum atomic E-state index is -0.424. The molecule has 1 heterocycles. The first kappa shape index (κ1) is 11.5. The monoisotopic (exact) mass is 253 g/mol. The Bertz CT molecular complexity index is 704. The molecular weight excluding hydrogens is 241 g/mol. The van der Waals surface area contributed by atoms with E-state index in [0.717, 1.165) is 11.3 Å². The van der Waals surface area contributed by atoms with Crippen LogP contribution in [0.1, 0.15) is 0 Å². The van der Waals surface area contributed by atoms with E-state index in [1.807, 2.05) is 36.5 Å². The average molecular weight is 253 g/mol. The van der Waals surface area contributed by atoms with Crippen molar-refractivity contribution in [2.24, 2.45) is 0 Å². The molecule has 0 atom stereocenters. The summed E-state index contributed by atoms with van der Waals surface area (Å²) in [5.41, 5.74) is 8.17. The second-order valence-corrected chi connectivity index (χ2v) is 4.24. The van der Waals surface area contributed by atoms with Crippen LogP contribution in [0.25, 0.3) is 16.9 Å². The first-order chi connectivity index (χ1) is 9.24. The van der Waals surface area contributed by atoms with E-state index in [-0.39, 0.29) is 5.69 Å². The molecule has 0 fully saturated rings. The minimum absolute atomic E-state index is 0.146. The van der Waals surface area contributed by atoms with E-state index in [1.165, 1.54) is 6.07 Å². The largest absolute Gasteiger partial charge is 0.396 e. The van der Waals surface area contributed by atoms with Gasteiger partial charge in [-0.3, -0.25) is 0 Å². The van der Waals surface area contributed by atoms with Crippen LogP contribution >= 0.6 is 0 Å². The molecule has 1 aromatic heterocycles. The van der Waals surface area contributed by atoms with Gasteiger partial charge in [0, 0.05) is 23.5 Å². The van der Waals surface area contributed by atoms with E-state index in [9.17, 15) is 4.39 Å². The predicted molar refractivity (Wildman–Crippen MR) is 73.4 cm³/mol. The molecule has 2 aromatic carbocycles. The van der Waals surface area contributed by atoms with Crippen molar-refractivity contribution in [2.75, 3.05) is 5.73 Å². The molecule has 3 rings (SSSR count). The van der Waals surface area contributed by atoms with Gasteiger partial charge in [0.25, 0.3) is 0 Å². The summed E-state index contributed by atoms with van der Waals surface area (Å²) in [4.78, 5) is 4.32. The third-order valence-corrected chi connectivity index (χ3v) is 2.93. The van der Waals surface area contributed by atoms with E-state index in [4.69, 9.17) is 5.73 Å². The molecule has 0 saturated carbocycles. The van der Waals surface area contributed by atoms with Crippen molar-refractivity contribution in [3.63, 3.8) is 0 Å². The van der Waals surface area contributed by atoms with Gasteiger partial charge in [0.15, 0.2) is 0 Å². The van der Waals surface area contributed by atoms with Crippen LogP contribution in [-0.4, -0.2) is 9.55 Å². The van der Waals surface area contributed by atoms with Crippen molar-refractivity contribution >= 4 is 5.69 Å². The maximum absolute atomic E-state index is 13.4. The molecule has 94 valence electrons. The zero-order valence-corrected chi connectivity index (χ0v) is 10.1. The van der Waals surface area contributed by atoms with Gasteiger partial charge in [-0.15, -0.1) is 0 Å². The molecule has 4 heteroatoms. The van der Waals surface area contributed by atoms with E-state index in [2.05, 4.69) is 4.98 Å². The number of imidazole rings is 1. The summed E-state index contributed by atoms with van der Waals surface area (Å²) in [6, 6.07) is 14.5. The van der Waals surface area contributed by atoms with Gasteiger partial charge in [0.2, 0.25) is 0 Å². The lowest BCUT2D eigenvalue weighted by molar-refractivity contribution is 0.631. The Morgan fingerprint density at radius 1 is 1.05 bits per heavy atom. The van der Waals surface area contributed by atoms with Crippen LogP contribution in [0.3, 0.4) is 0 Å². The zero-order valence-electron chi connectivity index (χ0n) is 10.1. The summed E-state index contributed by atoms with van der Waals surface area (Å²) < 4.78 is 15.2. The Hall–Kier alpha value is -2.62. The summed E-state index contributed by atoms with van der Waals surface area (Å²) in [5, 5.41) is 0. The van der Waals surface area contributed by atoms with Crippen LogP contribution in [-0.2, 0) is 0 Å². The van der Waals surface area contributed by atoms with Crippen molar-refractivity contribution in [3.05, 3.63) is 66.9 Å². The van der Waals surface area contributed by atoms with Crippen molar-refractivity contribution in [2.45, 2.75) is 0 Å². The Labute approximate surface area is 110 Å². The zero-order chi connectivity index (χ0) is 13.2. The van der Waals surface area contributed by atoms with Gasteiger partial charge in [0.1, 0.15) is 5.82 Å². The number of rotatable bonds is 2. The normalized spacial score (nSPS) is 10.6. The third kappa shape index (κ3) is 2.20. The summed E-state index contributed by atoms with van der Waals surface area (Å²) in [5.74, 6) is -0.424. The van der Waals surface area contributed by atoms with Crippen molar-refractivity contribution in [1.29, 1.82) is 0 Å². The highest BCUT2D eigenvalue weighted by Crippen LogP contribution is 2.20. The first-order valence-corrected chi connectivity index (χ1v) is 5.89. The lowest BCUT2D eigenvalue weighted by Gasteiger charge is -2.03. The van der Waals surface area contributed by atoms with Crippen LogP contribution < -0.4 is 5.73 Å². The number of nitrogens with zero attached hydrogens (tertiary/aromatic N) is 2. The number of aromatic nitrogens is 2. The Morgan fingerprint density at radius 3 is 2.58 bits per heavy atom. The first-order valence-electron chi connectivity index (χ1n) is 5.89. The lowest BCUT2D eigenvalue weighted by atomic mass is 10.2. The van der Waals surface area contributed by atoms with Crippen LogP contribution in [0.5, 0.6) is 0 Å². The van der Waals surface area contributed by atoms with Crippen molar-refractivity contribution in [3.8, 4) is 16.9 Å². The number of benzene rings is 2. The highest BCUT2D eigenvalue weighted by atomic mass is 19.1. The molecular formula is C15H12FN3. The topological polar surface area (TPSA) is 43.8 Å². The lowest BCUT2D eigenvalue weighted by Crippen LogP contribution is -1.95. The van der Waals surface area contributed by atoms with Crippen LogP contribution in [0.15, 0.2) is 61.1 Å². The molecule has 0 spiro atoms. The standard InChI is InChI=1S/C15H12FN3/c16-13-8-12(6-7-14(13)17)19-9-15(18-10-19)11-4-2-1-3-5-11/h1-10H,17H2. The van der Waals surface area contributed by atoms with E-state index in [1.54, 1.807) is 23.0 Å². The molecule has 0 bridgehead atoms. The Balaban J connectivity index is 1.99. The molecule has 0 unspecified atom stereocenters. The molecule has 19 heavy (non-hydrogen) atoms. The quantitative estimate of drug-likeness (QED) is 0.712. The number of nitrogens with two attached hydrogens (primary N) is 1. The molecule has 2 N–H and O–H groups in total. The fourth-order valence-electron chi connectivity index (χ4n) is 1.90. The number of hydrogen-bond acceptors (Lipinski definition) is 2. The second kappa shape index (κ2) is 4.57. The number of anilines is 1. The fourth-order valence-corrected chi connectivity index (χ4v) is 1.90. The minimum Gasteiger partial charge on any atom is -0.396 e. The number of nitrogen functional groups attached to an aromatic ring is 1. The molecule has 3 aromatic rings. The van der Waals surface area contributed by atoms with Crippen molar-refractivity contribution in [1.82, 2.24) is 9.55 Å². The fraction of sp³-hybridized carbons (Fsp3) is 0. The smallest absolute Gasteiger partial charge is 0.148 e. The second-order valence-electron chi connectivity index (χ2n) is 4.24. The predicted octanol–water partition coefficient (Wildman–Crippen LogP) is 3.26. The third-order valence-electron chi connectivity index (χ3n) is 2.93. The number of hydrogen-bond donors (Lipinski definition) is 1. The van der Waals surface area contributed by atoms with E-state index in [0.29, 0.717) is 5.69 Å². The molecule has 0 radical (unpaired) electrons. The van der Waals surface area contributed by atoms with Gasteiger partial charge in [-0.1, -0.05) is 30.3 Å². The molecule has 0 aliphatic rings. The summed E-state index contributed by atoms with van der Waals surface area (Å²) in [6.07, 6.45) is 3.52. The molecule has 0 saturated heterocycles. The number of halogens is 1. The summed E-state index contributed by atoms with van der Waals surface area (Å²) in [7, 11) is 0. The van der Waals surface area contributed by atoms with E-state index < -0.39 is 5.82 Å². The highest BCUT2D eigenvalue weighted by Gasteiger charge is 2.05. The van der Waals surface area contributed by atoms with Gasteiger partial charge < -0.3 is 10.3 Å². The highest BCUT2D eigenvalue weighted by molar-refractivity contribution is 5.59. The Kier molecular flexibility index (Phi) is 2.76. The molecule has 0 aliphatic carbocycles. The van der Waals surface area contributed by atoms with E-state index >= 15 is 0 Å². The molecule has 3 nitrogen and oxygen atoms in total. The maximum Gasteiger partial charge on any atom is 0.148 e. The van der Waals surface area contributed by atoms with Gasteiger partial charge in [-0.2, -0.15) is 0 Å². The van der Waals surface area contributed by atoms with Crippen LogP contribution in [0.2, 0.25) is 0 Å².